The van der Waals surface area contributed by atoms with E-state index < -0.39 is 35.7 Å². The molecule has 2 saturated heterocycles. The number of hydrogen-bond acceptors (Lipinski definition) is 11. The number of carbonyl (C=O) groups excluding carboxylic acids is 1. The van der Waals surface area contributed by atoms with E-state index in [4.69, 9.17) is 47.6 Å². The van der Waals surface area contributed by atoms with Crippen LogP contribution in [0.4, 0.5) is 4.79 Å². The second kappa shape index (κ2) is 16.8. The molecule has 0 unspecified atom stereocenters. The van der Waals surface area contributed by atoms with Gasteiger partial charge in [0.2, 0.25) is 0 Å². The Kier molecular flexibility index (Phi) is 12.7. The summed E-state index contributed by atoms with van der Waals surface area (Å²) in [6.45, 7) is 10.8. The fraction of sp³-hybridized carbons (Fsp3) is 0.579. The van der Waals surface area contributed by atoms with E-state index in [1.807, 2.05) is 89.2 Å². The van der Waals surface area contributed by atoms with Crippen LogP contribution in [0.3, 0.4) is 0 Å². The van der Waals surface area contributed by atoms with E-state index in [9.17, 15) is 4.79 Å². The summed E-state index contributed by atoms with van der Waals surface area (Å²) in [5.41, 5.74) is 1.60. The minimum absolute atomic E-state index is 0.106. The van der Waals surface area contributed by atoms with Crippen LogP contribution in [-0.2, 0) is 44.5 Å². The molecule has 2 aliphatic rings. The van der Waals surface area contributed by atoms with Crippen LogP contribution in [0.1, 0.15) is 70.1 Å². The highest BCUT2D eigenvalue weighted by Crippen LogP contribution is 2.46. The zero-order valence-corrected chi connectivity index (χ0v) is 30.5. The van der Waals surface area contributed by atoms with E-state index in [0.29, 0.717) is 43.4 Å². The minimum atomic E-state index is -0.911. The summed E-state index contributed by atoms with van der Waals surface area (Å²) in [5.74, 6) is -0.431. The quantitative estimate of drug-likeness (QED) is 0.127. The topological polar surface area (TPSA) is 116 Å². The lowest BCUT2D eigenvalue weighted by molar-refractivity contribution is -0.155. The first-order chi connectivity index (χ1) is 23.9. The molecule has 12 nitrogen and oxygen atoms in total. The normalized spacial score (nSPS) is 23.4. The molecule has 0 aliphatic carbocycles. The second-order valence-corrected chi connectivity index (χ2v) is 14.1. The molecule has 2 aromatic carbocycles. The number of rotatable bonds is 15. The van der Waals surface area contributed by atoms with E-state index in [2.05, 4.69) is 0 Å². The van der Waals surface area contributed by atoms with Gasteiger partial charge in [-0.25, -0.2) is 4.79 Å². The number of amides is 1. The molecule has 2 fully saturated rings. The average molecular weight is 697 g/mol. The van der Waals surface area contributed by atoms with E-state index in [1.165, 1.54) is 0 Å². The van der Waals surface area contributed by atoms with Crippen molar-refractivity contribution in [1.29, 1.82) is 0 Å². The summed E-state index contributed by atoms with van der Waals surface area (Å²) in [5, 5.41) is 1.66. The molecule has 0 radical (unpaired) electrons. The van der Waals surface area contributed by atoms with Gasteiger partial charge in [0.1, 0.15) is 37.1 Å². The summed E-state index contributed by atoms with van der Waals surface area (Å²) >= 11 is 0. The smallest absolute Gasteiger partial charge is 0.411 e. The van der Waals surface area contributed by atoms with Gasteiger partial charge in [-0.1, -0.05) is 42.5 Å². The van der Waals surface area contributed by atoms with Crippen LogP contribution in [0, 0.1) is 5.92 Å². The number of benzene rings is 2. The Labute approximate surface area is 295 Å². The Morgan fingerprint density at radius 1 is 0.920 bits per heavy atom. The molecule has 5 rings (SSSR count). The lowest BCUT2D eigenvalue weighted by atomic mass is 9.94. The predicted molar refractivity (Wildman–Crippen MR) is 186 cm³/mol. The third-order valence-corrected chi connectivity index (χ3v) is 8.60. The van der Waals surface area contributed by atoms with Crippen molar-refractivity contribution >= 4 is 16.9 Å². The first-order valence-corrected chi connectivity index (χ1v) is 17.0. The van der Waals surface area contributed by atoms with Gasteiger partial charge in [0, 0.05) is 25.5 Å². The maximum Gasteiger partial charge on any atom is 0.411 e. The number of likely N-dealkylation sites (tertiary alicyclic amines) is 1. The Morgan fingerprint density at radius 3 is 2.32 bits per heavy atom. The van der Waals surface area contributed by atoms with E-state index in [1.54, 1.807) is 26.2 Å². The van der Waals surface area contributed by atoms with Crippen LogP contribution >= 0.6 is 0 Å². The fourth-order valence-corrected chi connectivity index (χ4v) is 6.78. The maximum atomic E-state index is 14.2. The lowest BCUT2D eigenvalue weighted by Crippen LogP contribution is -2.43. The Morgan fingerprint density at radius 2 is 1.64 bits per heavy atom. The molecule has 274 valence electrons. The molecule has 3 heterocycles. The van der Waals surface area contributed by atoms with Gasteiger partial charge in [0.05, 0.1) is 57.0 Å². The number of carbonyl (C=O) groups is 1. The van der Waals surface area contributed by atoms with Crippen molar-refractivity contribution in [3.05, 3.63) is 71.5 Å². The van der Waals surface area contributed by atoms with E-state index in [-0.39, 0.29) is 32.2 Å². The minimum Gasteiger partial charge on any atom is -0.496 e. The lowest BCUT2D eigenvalue weighted by Gasteiger charge is -2.34. The van der Waals surface area contributed by atoms with Crippen LogP contribution in [0.15, 0.2) is 54.6 Å². The fourth-order valence-electron chi connectivity index (χ4n) is 6.78. The summed E-state index contributed by atoms with van der Waals surface area (Å²) in [7, 11) is 4.79. The van der Waals surface area contributed by atoms with Crippen molar-refractivity contribution in [3.8, 4) is 5.75 Å². The van der Waals surface area contributed by atoms with Gasteiger partial charge in [-0.2, -0.15) is 0 Å². The molecule has 0 N–H and O–H groups in total. The van der Waals surface area contributed by atoms with Crippen LogP contribution in [-0.4, -0.2) is 94.2 Å². The van der Waals surface area contributed by atoms with Gasteiger partial charge in [0.15, 0.2) is 5.79 Å². The molecular formula is C38H52N2O10. The molecule has 1 aromatic heterocycles. The number of nitrogens with zero attached hydrogens (tertiary/aromatic N) is 2. The van der Waals surface area contributed by atoms with Crippen LogP contribution < -0.4 is 4.74 Å². The highest BCUT2D eigenvalue weighted by molar-refractivity contribution is 5.91. The molecule has 5 atom stereocenters. The molecule has 0 bridgehead atoms. The maximum absolute atomic E-state index is 14.2. The van der Waals surface area contributed by atoms with Crippen molar-refractivity contribution in [2.24, 2.45) is 5.92 Å². The zero-order valence-electron chi connectivity index (χ0n) is 30.5. The second-order valence-electron chi connectivity index (χ2n) is 14.1. The van der Waals surface area contributed by atoms with Crippen LogP contribution in [0.5, 0.6) is 5.75 Å². The van der Waals surface area contributed by atoms with Gasteiger partial charge in [-0.3, -0.25) is 9.88 Å². The molecule has 1 amide bonds. The summed E-state index contributed by atoms with van der Waals surface area (Å²) in [6, 6.07) is 17.0. The summed E-state index contributed by atoms with van der Waals surface area (Å²) < 4.78 is 53.1. The average Bonchev–Trinajstić information content (AvgIpc) is 3.59. The summed E-state index contributed by atoms with van der Waals surface area (Å²) in [6.07, 6.45) is -0.975. The third-order valence-electron chi connectivity index (χ3n) is 8.60. The Bertz CT molecular complexity index is 1550. The molecule has 3 aromatic rings. The Hall–Kier alpha value is -3.36. The number of ether oxygens (including phenoxy) is 9. The van der Waals surface area contributed by atoms with Gasteiger partial charge in [-0.15, -0.1) is 0 Å². The standard InChI is InChI=1S/C38H52N2O10/c1-37(2,3)50-36(41)40-28(21-45-19-25-13-10-9-11-14-25)17-27(20-46-23-42-6)34(40)29-18-26-15-12-16-30(44-8)32(26)33(39-29)35-31(22-47-24-43-7)48-38(4,5)49-35/h9-16,18,27-28,31,34-35H,17,19-24H2,1-8H3/t27-,28-,31+,34+,35-/m0/s1. The summed E-state index contributed by atoms with van der Waals surface area (Å²) in [4.78, 5) is 21.3. The molecule has 12 heteroatoms. The number of methoxy groups -OCH3 is 3. The highest BCUT2D eigenvalue weighted by Gasteiger charge is 2.49. The van der Waals surface area contributed by atoms with Crippen molar-refractivity contribution < 1.29 is 47.4 Å². The van der Waals surface area contributed by atoms with E-state index >= 15 is 0 Å². The first kappa shape index (κ1) is 37.9. The van der Waals surface area contributed by atoms with E-state index in [0.717, 1.165) is 16.3 Å². The molecule has 2 aliphatic heterocycles. The molecule has 50 heavy (non-hydrogen) atoms. The number of pyridine rings is 1. The zero-order chi connectivity index (χ0) is 35.9. The van der Waals surface area contributed by atoms with Crippen molar-refractivity contribution in [2.45, 2.75) is 83.3 Å². The molecule has 0 spiro atoms. The SMILES string of the molecule is COCOC[C@@H]1C[C@@H](COCc2ccccc2)N(C(=O)OC(C)(C)C)[C@H]1c1cc2cccc(OC)c2c([C@H]2OC(C)(C)O[C@@H]2COCOC)n1. The van der Waals surface area contributed by atoms with Gasteiger partial charge in [0.25, 0.3) is 0 Å². The van der Waals surface area contributed by atoms with Gasteiger partial charge >= 0.3 is 6.09 Å². The van der Waals surface area contributed by atoms with Crippen LogP contribution in [0.2, 0.25) is 0 Å². The van der Waals surface area contributed by atoms with Crippen LogP contribution in [0.25, 0.3) is 10.8 Å². The number of hydrogen-bond donors (Lipinski definition) is 0. The van der Waals surface area contributed by atoms with Crippen molar-refractivity contribution in [3.63, 3.8) is 0 Å². The van der Waals surface area contributed by atoms with Crippen molar-refractivity contribution in [2.75, 3.05) is 54.7 Å². The highest BCUT2D eigenvalue weighted by atomic mass is 16.8. The number of fused-ring (bicyclic) bond motifs is 1. The van der Waals surface area contributed by atoms with Gasteiger partial charge in [-0.05, 0) is 64.1 Å². The molecular weight excluding hydrogens is 644 g/mol. The largest absolute Gasteiger partial charge is 0.496 e. The van der Waals surface area contributed by atoms with Crippen molar-refractivity contribution in [1.82, 2.24) is 9.88 Å². The van der Waals surface area contributed by atoms with Gasteiger partial charge < -0.3 is 42.6 Å². The number of aromatic nitrogens is 1. The predicted octanol–water partition coefficient (Wildman–Crippen LogP) is 6.56. The Balaban J connectivity index is 1.61. The monoisotopic (exact) mass is 696 g/mol. The molecule has 0 saturated carbocycles. The third kappa shape index (κ3) is 9.29. The first-order valence-electron chi connectivity index (χ1n) is 17.0.